The fourth-order valence-corrected chi connectivity index (χ4v) is 3.07. The van der Waals surface area contributed by atoms with Gasteiger partial charge < -0.3 is 10.1 Å². The monoisotopic (exact) mass is 407 g/mol. The van der Waals surface area contributed by atoms with Crippen LogP contribution in [0.1, 0.15) is 50.7 Å². The van der Waals surface area contributed by atoms with Gasteiger partial charge in [-0.3, -0.25) is 4.79 Å². The molecule has 2 rings (SSSR count). The van der Waals surface area contributed by atoms with E-state index < -0.39 is 0 Å². The first-order valence-corrected chi connectivity index (χ1v) is 9.09. The lowest BCUT2D eigenvalue weighted by molar-refractivity contribution is -0.118. The van der Waals surface area contributed by atoms with E-state index in [4.69, 9.17) is 4.74 Å². The molecule has 2 aromatic carbocycles. The van der Waals surface area contributed by atoms with Crippen LogP contribution >= 0.6 is 15.9 Å². The van der Waals surface area contributed by atoms with Crippen LogP contribution in [0.4, 0.5) is 10.1 Å². The zero-order valence-corrected chi connectivity index (χ0v) is 16.5. The number of hydrogen-bond donors (Lipinski definition) is 1. The van der Waals surface area contributed by atoms with Crippen molar-refractivity contribution in [3.8, 4) is 5.75 Å². The number of carbonyl (C=O) groups is 1. The zero-order chi connectivity index (χ0) is 18.6. The number of anilines is 1. The Balaban J connectivity index is 2.14. The Bertz CT molecular complexity index is 733. The number of hydrogen-bond acceptors (Lipinski definition) is 2. The highest BCUT2D eigenvalue weighted by molar-refractivity contribution is 9.10. The van der Waals surface area contributed by atoms with Crippen molar-refractivity contribution in [2.75, 3.05) is 11.9 Å². The van der Waals surface area contributed by atoms with Gasteiger partial charge in [0.25, 0.3) is 5.91 Å². The molecule has 0 atom stereocenters. The summed E-state index contributed by atoms with van der Waals surface area (Å²) in [6, 6.07) is 10.2. The van der Waals surface area contributed by atoms with Crippen molar-refractivity contribution in [3.05, 3.63) is 57.8 Å². The number of ether oxygens (including phenoxy) is 1. The van der Waals surface area contributed by atoms with Gasteiger partial charge in [0, 0.05) is 5.69 Å². The smallest absolute Gasteiger partial charge is 0.262 e. The quantitative estimate of drug-likeness (QED) is 0.651. The average Bonchev–Trinajstić information content (AvgIpc) is 2.53. The number of benzene rings is 2. The molecule has 0 saturated carbocycles. The first-order valence-electron chi connectivity index (χ1n) is 8.30. The Morgan fingerprint density at radius 1 is 1.12 bits per heavy atom. The van der Waals surface area contributed by atoms with E-state index in [2.05, 4.69) is 48.9 Å². The van der Waals surface area contributed by atoms with Crippen molar-refractivity contribution in [2.45, 2.75) is 39.5 Å². The lowest BCUT2D eigenvalue weighted by Crippen LogP contribution is -2.22. The third-order valence-electron chi connectivity index (χ3n) is 3.89. The Morgan fingerprint density at radius 2 is 1.72 bits per heavy atom. The van der Waals surface area contributed by atoms with Crippen molar-refractivity contribution in [1.29, 1.82) is 0 Å². The van der Waals surface area contributed by atoms with Gasteiger partial charge >= 0.3 is 0 Å². The van der Waals surface area contributed by atoms with Crippen LogP contribution in [0.3, 0.4) is 0 Å². The van der Waals surface area contributed by atoms with Gasteiger partial charge in [-0.25, -0.2) is 4.39 Å². The second kappa shape index (κ2) is 8.48. The Labute approximate surface area is 156 Å². The molecule has 0 heterocycles. The van der Waals surface area contributed by atoms with E-state index in [1.807, 2.05) is 18.2 Å². The minimum absolute atomic E-state index is 0.145. The van der Waals surface area contributed by atoms with Gasteiger partial charge in [0.15, 0.2) is 6.61 Å². The van der Waals surface area contributed by atoms with Crippen LogP contribution in [-0.2, 0) is 4.79 Å². The minimum atomic E-state index is -0.365. The maximum absolute atomic E-state index is 13.1. The van der Waals surface area contributed by atoms with Crippen LogP contribution in [0, 0.1) is 5.82 Å². The average molecular weight is 408 g/mol. The van der Waals surface area contributed by atoms with Crippen molar-refractivity contribution in [2.24, 2.45) is 0 Å². The summed E-state index contributed by atoms with van der Waals surface area (Å²) in [5, 5.41) is 2.99. The largest absolute Gasteiger partial charge is 0.483 e. The minimum Gasteiger partial charge on any atom is -0.483 e. The molecule has 0 spiro atoms. The zero-order valence-electron chi connectivity index (χ0n) is 14.9. The van der Waals surface area contributed by atoms with Crippen molar-refractivity contribution in [1.82, 2.24) is 0 Å². The number of carbonyl (C=O) groups excluding carboxylic acids is 1. The summed E-state index contributed by atoms with van der Waals surface area (Å²) in [6.07, 6.45) is 0. The van der Waals surface area contributed by atoms with Crippen molar-refractivity contribution >= 4 is 27.5 Å². The van der Waals surface area contributed by atoms with E-state index in [1.165, 1.54) is 18.2 Å². The lowest BCUT2D eigenvalue weighted by atomic mass is 9.92. The van der Waals surface area contributed by atoms with E-state index >= 15 is 0 Å². The van der Waals surface area contributed by atoms with E-state index in [0.717, 1.165) is 16.8 Å². The topological polar surface area (TPSA) is 38.3 Å². The second-order valence-electron chi connectivity index (χ2n) is 6.53. The molecule has 0 aliphatic heterocycles. The van der Waals surface area contributed by atoms with Gasteiger partial charge in [0.2, 0.25) is 0 Å². The molecule has 134 valence electrons. The highest BCUT2D eigenvalue weighted by atomic mass is 79.9. The SMILES string of the molecule is CC(C)c1cccc(C(C)C)c1NC(=O)COc1ccc(F)cc1Br. The first-order chi connectivity index (χ1) is 11.8. The van der Waals surface area contributed by atoms with Gasteiger partial charge in [0.05, 0.1) is 4.47 Å². The molecule has 0 saturated heterocycles. The normalized spacial score (nSPS) is 11.0. The fraction of sp³-hybridized carbons (Fsp3) is 0.350. The summed E-state index contributed by atoms with van der Waals surface area (Å²) in [6.45, 7) is 8.25. The van der Waals surface area contributed by atoms with Crippen molar-refractivity contribution in [3.63, 3.8) is 0 Å². The molecule has 0 unspecified atom stereocenters. The summed E-state index contributed by atoms with van der Waals surface area (Å²) in [5.74, 6) is 0.405. The van der Waals surface area contributed by atoms with Crippen molar-refractivity contribution < 1.29 is 13.9 Å². The van der Waals surface area contributed by atoms with Crippen LogP contribution in [0.2, 0.25) is 0 Å². The van der Waals surface area contributed by atoms with E-state index in [9.17, 15) is 9.18 Å². The summed E-state index contributed by atoms with van der Waals surface area (Å²) in [5.41, 5.74) is 3.06. The number of para-hydroxylation sites is 1. The molecule has 0 radical (unpaired) electrons. The Kier molecular flexibility index (Phi) is 6.59. The highest BCUT2D eigenvalue weighted by Crippen LogP contribution is 2.32. The number of halogens is 2. The summed E-state index contributed by atoms with van der Waals surface area (Å²) in [7, 11) is 0. The molecule has 25 heavy (non-hydrogen) atoms. The van der Waals surface area contributed by atoms with Gasteiger partial charge in [-0.1, -0.05) is 45.9 Å². The predicted octanol–water partition coefficient (Wildman–Crippen LogP) is 5.85. The van der Waals surface area contributed by atoms with Crippen LogP contribution in [0.5, 0.6) is 5.75 Å². The highest BCUT2D eigenvalue weighted by Gasteiger charge is 2.16. The number of nitrogens with one attached hydrogen (secondary N) is 1. The molecule has 3 nitrogen and oxygen atoms in total. The molecular formula is C20H23BrFNO2. The molecule has 1 N–H and O–H groups in total. The summed E-state index contributed by atoms with van der Waals surface area (Å²) in [4.78, 5) is 12.4. The maximum atomic E-state index is 13.1. The number of rotatable bonds is 6. The third-order valence-corrected chi connectivity index (χ3v) is 4.51. The van der Waals surface area contributed by atoms with Gasteiger partial charge in [-0.15, -0.1) is 0 Å². The molecule has 0 bridgehead atoms. The standard InChI is InChI=1S/C20H23BrFNO2/c1-12(2)15-6-5-7-16(13(3)4)20(15)23-19(24)11-25-18-9-8-14(22)10-17(18)21/h5-10,12-13H,11H2,1-4H3,(H,23,24). The summed E-state index contributed by atoms with van der Waals surface area (Å²) < 4.78 is 19.1. The summed E-state index contributed by atoms with van der Waals surface area (Å²) >= 11 is 3.23. The predicted molar refractivity (Wildman–Crippen MR) is 103 cm³/mol. The van der Waals surface area contributed by atoms with Gasteiger partial charge in [-0.2, -0.15) is 0 Å². The molecule has 5 heteroatoms. The fourth-order valence-electron chi connectivity index (χ4n) is 2.61. The number of amides is 1. The molecule has 0 aliphatic rings. The molecule has 0 aromatic heterocycles. The Morgan fingerprint density at radius 3 is 2.24 bits per heavy atom. The lowest BCUT2D eigenvalue weighted by Gasteiger charge is -2.20. The van der Waals surface area contributed by atoms with Crippen LogP contribution in [0.25, 0.3) is 0 Å². The maximum Gasteiger partial charge on any atom is 0.262 e. The molecule has 2 aromatic rings. The molecular weight excluding hydrogens is 385 g/mol. The van der Waals surface area contributed by atoms with E-state index in [0.29, 0.717) is 22.1 Å². The molecule has 1 amide bonds. The Hall–Kier alpha value is -1.88. The third kappa shape index (κ3) is 5.05. The van der Waals surface area contributed by atoms with E-state index in [1.54, 1.807) is 0 Å². The van der Waals surface area contributed by atoms with E-state index in [-0.39, 0.29) is 18.3 Å². The first kappa shape index (κ1) is 19.4. The second-order valence-corrected chi connectivity index (χ2v) is 7.39. The van der Waals surface area contributed by atoms with Gasteiger partial charge in [0.1, 0.15) is 11.6 Å². The molecule has 0 fully saturated rings. The molecule has 0 aliphatic carbocycles. The van der Waals surface area contributed by atoms with Crippen LogP contribution in [-0.4, -0.2) is 12.5 Å². The van der Waals surface area contributed by atoms with Crippen LogP contribution in [0.15, 0.2) is 40.9 Å². The van der Waals surface area contributed by atoms with Gasteiger partial charge in [-0.05, 0) is 57.1 Å². The van der Waals surface area contributed by atoms with Crippen LogP contribution < -0.4 is 10.1 Å².